The van der Waals surface area contributed by atoms with Crippen molar-refractivity contribution in [2.45, 2.75) is 6.42 Å². The minimum atomic E-state index is -1.04. The van der Waals surface area contributed by atoms with Gasteiger partial charge in [-0.2, -0.15) is 0 Å². The molecule has 0 aliphatic carbocycles. The summed E-state index contributed by atoms with van der Waals surface area (Å²) in [7, 11) is 1.95. The number of benzene rings is 1. The van der Waals surface area contributed by atoms with Crippen molar-refractivity contribution < 1.29 is 14.7 Å². The number of likely N-dealkylation sites (tertiary alicyclic amines) is 1. The van der Waals surface area contributed by atoms with Crippen LogP contribution >= 0.6 is 11.6 Å². The van der Waals surface area contributed by atoms with Gasteiger partial charge >= 0.3 is 5.97 Å². The first-order valence-corrected chi connectivity index (χ1v) is 6.82. The molecule has 2 rings (SSSR count). The Morgan fingerprint density at radius 2 is 2.25 bits per heavy atom. The lowest BCUT2D eigenvalue weighted by Crippen LogP contribution is -2.40. The average molecular weight is 297 g/mol. The van der Waals surface area contributed by atoms with Gasteiger partial charge in [-0.15, -0.1) is 0 Å². The fourth-order valence-electron chi connectivity index (χ4n) is 2.43. The molecule has 1 N–H and O–H groups in total. The molecule has 1 aliphatic heterocycles. The van der Waals surface area contributed by atoms with Gasteiger partial charge in [0.15, 0.2) is 0 Å². The smallest absolute Gasteiger partial charge is 0.323 e. The van der Waals surface area contributed by atoms with E-state index in [-0.39, 0.29) is 18.4 Å². The van der Waals surface area contributed by atoms with Crippen molar-refractivity contribution in [1.29, 1.82) is 0 Å². The second kappa shape index (κ2) is 6.24. The van der Waals surface area contributed by atoms with Crippen LogP contribution in [0.25, 0.3) is 0 Å². The Morgan fingerprint density at radius 1 is 1.50 bits per heavy atom. The summed E-state index contributed by atoms with van der Waals surface area (Å²) in [5.41, 5.74) is 0.527. The first-order chi connectivity index (χ1) is 9.47. The third-order valence-electron chi connectivity index (χ3n) is 3.42. The highest BCUT2D eigenvalue weighted by Gasteiger charge is 2.31. The Morgan fingerprint density at radius 3 is 2.80 bits per heavy atom. The number of carboxylic acid groups (broad SMARTS) is 1. The minimum Gasteiger partial charge on any atom is -0.480 e. The van der Waals surface area contributed by atoms with Gasteiger partial charge in [0.2, 0.25) is 5.91 Å². The summed E-state index contributed by atoms with van der Waals surface area (Å²) in [6.07, 6.45) is 0.756. The summed E-state index contributed by atoms with van der Waals surface area (Å²) < 4.78 is 0. The van der Waals surface area contributed by atoms with Gasteiger partial charge < -0.3 is 14.9 Å². The molecule has 1 atom stereocenters. The molecule has 0 bridgehead atoms. The third kappa shape index (κ3) is 3.49. The molecule has 20 heavy (non-hydrogen) atoms. The molecule has 5 nitrogen and oxygen atoms in total. The van der Waals surface area contributed by atoms with Crippen LogP contribution in [0, 0.1) is 5.92 Å². The van der Waals surface area contributed by atoms with Crippen LogP contribution in [0.5, 0.6) is 0 Å². The fraction of sp³-hybridized carbons (Fsp3) is 0.429. The van der Waals surface area contributed by atoms with E-state index < -0.39 is 5.97 Å². The molecule has 1 fully saturated rings. The maximum Gasteiger partial charge on any atom is 0.323 e. The van der Waals surface area contributed by atoms with Crippen molar-refractivity contribution in [3.05, 3.63) is 29.3 Å². The highest BCUT2D eigenvalue weighted by Crippen LogP contribution is 2.24. The molecule has 1 aromatic rings. The lowest BCUT2D eigenvalue weighted by atomic mass is 10.1. The number of hydrogen-bond donors (Lipinski definition) is 1. The number of halogens is 1. The third-order valence-corrected chi connectivity index (χ3v) is 3.65. The highest BCUT2D eigenvalue weighted by molar-refractivity contribution is 6.31. The lowest BCUT2D eigenvalue weighted by molar-refractivity contribution is -0.137. The summed E-state index contributed by atoms with van der Waals surface area (Å²) in [5, 5.41) is 9.50. The number of carbonyl (C=O) groups is 2. The second-order valence-corrected chi connectivity index (χ2v) is 5.48. The summed E-state index contributed by atoms with van der Waals surface area (Å²) >= 11 is 5.92. The molecular formula is C14H17ClN2O3. The van der Waals surface area contributed by atoms with Crippen LogP contribution in [-0.4, -0.2) is 48.6 Å². The van der Waals surface area contributed by atoms with Gasteiger partial charge in [-0.25, -0.2) is 0 Å². The Balaban J connectivity index is 2.23. The minimum absolute atomic E-state index is 0.154. The van der Waals surface area contributed by atoms with E-state index >= 15 is 0 Å². The van der Waals surface area contributed by atoms with Gasteiger partial charge in [0.05, 0.1) is 5.92 Å². The summed E-state index contributed by atoms with van der Waals surface area (Å²) in [4.78, 5) is 26.9. The maximum absolute atomic E-state index is 12.5. The van der Waals surface area contributed by atoms with Gasteiger partial charge in [-0.1, -0.05) is 17.7 Å². The van der Waals surface area contributed by atoms with E-state index in [2.05, 4.69) is 4.90 Å². The zero-order valence-electron chi connectivity index (χ0n) is 11.3. The van der Waals surface area contributed by atoms with Crippen molar-refractivity contribution in [3.8, 4) is 0 Å². The average Bonchev–Trinajstić information content (AvgIpc) is 2.81. The number of aliphatic carboxylic acids is 1. The van der Waals surface area contributed by atoms with Crippen molar-refractivity contribution in [3.63, 3.8) is 0 Å². The molecule has 0 radical (unpaired) electrons. The fourth-order valence-corrected chi connectivity index (χ4v) is 2.62. The van der Waals surface area contributed by atoms with E-state index in [1.165, 1.54) is 4.90 Å². The maximum atomic E-state index is 12.5. The largest absolute Gasteiger partial charge is 0.480 e. The van der Waals surface area contributed by atoms with Crippen LogP contribution in [0.4, 0.5) is 5.69 Å². The number of carboxylic acids is 1. The van der Waals surface area contributed by atoms with E-state index in [0.717, 1.165) is 13.0 Å². The summed E-state index contributed by atoms with van der Waals surface area (Å²) in [6.45, 7) is 1.17. The van der Waals surface area contributed by atoms with E-state index in [1.54, 1.807) is 24.3 Å². The lowest BCUT2D eigenvalue weighted by Gasteiger charge is -2.24. The van der Waals surface area contributed by atoms with Crippen molar-refractivity contribution >= 4 is 29.2 Å². The number of carbonyl (C=O) groups excluding carboxylic acids is 1. The van der Waals surface area contributed by atoms with Gasteiger partial charge in [-0.3, -0.25) is 9.59 Å². The number of anilines is 1. The zero-order valence-corrected chi connectivity index (χ0v) is 12.0. The topological polar surface area (TPSA) is 60.9 Å². The van der Waals surface area contributed by atoms with Gasteiger partial charge in [0, 0.05) is 17.3 Å². The molecule has 0 saturated carbocycles. The molecule has 0 spiro atoms. The molecule has 1 amide bonds. The van der Waals surface area contributed by atoms with Crippen LogP contribution in [-0.2, 0) is 9.59 Å². The SMILES string of the molecule is CN1CCC(C(=O)N(CC(=O)O)c2cccc(Cl)c2)C1. The van der Waals surface area contributed by atoms with Gasteiger partial charge in [0.1, 0.15) is 6.54 Å². The Bertz CT molecular complexity index is 521. The quantitative estimate of drug-likeness (QED) is 0.919. The Labute approximate surface area is 122 Å². The first-order valence-electron chi connectivity index (χ1n) is 6.44. The molecule has 1 unspecified atom stereocenters. The molecule has 1 aromatic carbocycles. The molecule has 0 aromatic heterocycles. The summed E-state index contributed by atoms with van der Waals surface area (Å²) in [6, 6.07) is 6.71. The molecule has 6 heteroatoms. The van der Waals surface area contributed by atoms with Gasteiger partial charge in [-0.05, 0) is 38.2 Å². The second-order valence-electron chi connectivity index (χ2n) is 5.05. The molecule has 1 heterocycles. The van der Waals surface area contributed by atoms with E-state index in [4.69, 9.17) is 16.7 Å². The van der Waals surface area contributed by atoms with Crippen LogP contribution in [0.1, 0.15) is 6.42 Å². The van der Waals surface area contributed by atoms with E-state index in [1.807, 2.05) is 7.05 Å². The van der Waals surface area contributed by atoms with Crippen molar-refractivity contribution in [1.82, 2.24) is 4.90 Å². The normalized spacial score (nSPS) is 19.0. The van der Waals surface area contributed by atoms with Crippen molar-refractivity contribution in [2.24, 2.45) is 5.92 Å². The number of rotatable bonds is 4. The van der Waals surface area contributed by atoms with Crippen molar-refractivity contribution in [2.75, 3.05) is 31.6 Å². The van der Waals surface area contributed by atoms with E-state index in [9.17, 15) is 9.59 Å². The molecule has 1 aliphatic rings. The molecule has 108 valence electrons. The molecule has 1 saturated heterocycles. The predicted octanol–water partition coefficient (Wildman–Crippen LogP) is 1.71. The molecular weight excluding hydrogens is 280 g/mol. The van der Waals surface area contributed by atoms with Crippen LogP contribution in [0.2, 0.25) is 5.02 Å². The van der Waals surface area contributed by atoms with Crippen LogP contribution < -0.4 is 4.90 Å². The van der Waals surface area contributed by atoms with Gasteiger partial charge in [0.25, 0.3) is 0 Å². The number of amides is 1. The monoisotopic (exact) mass is 296 g/mol. The first kappa shape index (κ1) is 14.8. The van der Waals surface area contributed by atoms with E-state index in [0.29, 0.717) is 17.3 Å². The predicted molar refractivity (Wildman–Crippen MR) is 77.0 cm³/mol. The standard InChI is InChI=1S/C14H17ClN2O3/c1-16-6-5-10(8-16)14(20)17(9-13(18)19)12-4-2-3-11(15)7-12/h2-4,7,10H,5-6,8-9H2,1H3,(H,18,19). The summed E-state index contributed by atoms with van der Waals surface area (Å²) in [5.74, 6) is -1.35. The number of hydrogen-bond acceptors (Lipinski definition) is 3. The van der Waals surface area contributed by atoms with Crippen LogP contribution in [0.15, 0.2) is 24.3 Å². The highest BCUT2D eigenvalue weighted by atomic mass is 35.5. The zero-order chi connectivity index (χ0) is 14.7. The Hall–Kier alpha value is -1.59. The van der Waals surface area contributed by atoms with Crippen LogP contribution in [0.3, 0.4) is 0 Å². The number of nitrogens with zero attached hydrogens (tertiary/aromatic N) is 2. The Kier molecular flexibility index (Phi) is 4.62.